The van der Waals surface area contributed by atoms with E-state index in [0.29, 0.717) is 22.4 Å². The Labute approximate surface area is 173 Å². The van der Waals surface area contributed by atoms with Crippen molar-refractivity contribution in [3.63, 3.8) is 0 Å². The molecule has 8 heteroatoms. The number of nitrogens with one attached hydrogen (secondary N) is 2. The minimum absolute atomic E-state index is 0.272. The van der Waals surface area contributed by atoms with Gasteiger partial charge >= 0.3 is 6.03 Å². The van der Waals surface area contributed by atoms with Crippen molar-refractivity contribution < 1.29 is 14.3 Å². The molecule has 29 heavy (non-hydrogen) atoms. The first kappa shape index (κ1) is 20.3. The van der Waals surface area contributed by atoms with E-state index in [1.165, 1.54) is 11.3 Å². The normalized spacial score (nSPS) is 10.2. The first-order chi connectivity index (χ1) is 14.2. The molecule has 0 saturated heterocycles. The molecule has 0 unspecified atom stereocenters. The third-order valence-electron chi connectivity index (χ3n) is 3.80. The summed E-state index contributed by atoms with van der Waals surface area (Å²) in [5.74, 6) is 1.53. The first-order valence-electron chi connectivity index (χ1n) is 9.12. The Balaban J connectivity index is 1.52. The number of hydrogen-bond donors (Lipinski definition) is 2. The monoisotopic (exact) mass is 410 g/mol. The van der Waals surface area contributed by atoms with Gasteiger partial charge in [-0.05, 0) is 49.2 Å². The number of ether oxygens (including phenoxy) is 2. The summed E-state index contributed by atoms with van der Waals surface area (Å²) in [7, 11) is 0. The third-order valence-corrected chi connectivity index (χ3v) is 4.61. The Bertz CT molecular complexity index is 957. The summed E-state index contributed by atoms with van der Waals surface area (Å²) in [5, 5.41) is 14.5. The molecule has 0 saturated carbocycles. The van der Waals surface area contributed by atoms with Gasteiger partial charge in [-0.25, -0.2) is 4.79 Å². The zero-order chi connectivity index (χ0) is 20.5. The van der Waals surface area contributed by atoms with E-state index in [4.69, 9.17) is 9.47 Å². The molecule has 3 aromatic rings. The number of rotatable bonds is 9. The number of benzene rings is 2. The van der Waals surface area contributed by atoms with Crippen LogP contribution in [0.4, 0.5) is 15.6 Å². The van der Waals surface area contributed by atoms with Crippen molar-refractivity contribution in [1.82, 2.24) is 10.2 Å². The van der Waals surface area contributed by atoms with Crippen molar-refractivity contribution in [1.29, 1.82) is 0 Å². The van der Waals surface area contributed by atoms with Crippen LogP contribution in [0.3, 0.4) is 0 Å². The maximum Gasteiger partial charge on any atom is 0.325 e. The van der Waals surface area contributed by atoms with Crippen LogP contribution in [-0.4, -0.2) is 22.8 Å². The fourth-order valence-corrected chi connectivity index (χ4v) is 3.18. The number of nitrogens with zero attached hydrogens (tertiary/aromatic N) is 2. The lowest BCUT2D eigenvalue weighted by Gasteiger charge is -2.08. The molecule has 2 N–H and O–H groups in total. The molecule has 150 valence electrons. The summed E-state index contributed by atoms with van der Waals surface area (Å²) in [5.41, 5.74) is 1.71. The van der Waals surface area contributed by atoms with Gasteiger partial charge in [0.05, 0.1) is 6.61 Å². The second kappa shape index (κ2) is 10.2. The lowest BCUT2D eigenvalue weighted by atomic mass is 10.1. The van der Waals surface area contributed by atoms with Crippen LogP contribution in [0.1, 0.15) is 17.5 Å². The van der Waals surface area contributed by atoms with Crippen molar-refractivity contribution in [2.75, 3.05) is 17.2 Å². The second-order valence-electron chi connectivity index (χ2n) is 5.93. The van der Waals surface area contributed by atoms with Crippen LogP contribution in [0.15, 0.2) is 61.2 Å². The Morgan fingerprint density at radius 1 is 1.10 bits per heavy atom. The molecule has 2 aromatic carbocycles. The van der Waals surface area contributed by atoms with Gasteiger partial charge in [-0.15, -0.1) is 16.8 Å². The zero-order valence-electron chi connectivity index (χ0n) is 16.1. The third kappa shape index (κ3) is 6.05. The van der Waals surface area contributed by atoms with Crippen molar-refractivity contribution >= 4 is 28.2 Å². The van der Waals surface area contributed by atoms with E-state index in [1.807, 2.05) is 37.3 Å². The maximum atomic E-state index is 12.1. The SMILES string of the molecule is C=CCc1ccccc1OCc1nnc(NC(=O)Nc2ccc(OCC)cc2)s1. The molecule has 1 aromatic heterocycles. The molecule has 0 spiro atoms. The van der Waals surface area contributed by atoms with Gasteiger partial charge in [-0.1, -0.05) is 35.6 Å². The molecular weight excluding hydrogens is 388 g/mol. The number of allylic oxidation sites excluding steroid dienone is 1. The van der Waals surface area contributed by atoms with Crippen LogP contribution in [0.25, 0.3) is 0 Å². The van der Waals surface area contributed by atoms with Crippen LogP contribution in [-0.2, 0) is 13.0 Å². The van der Waals surface area contributed by atoms with Gasteiger partial charge in [0.25, 0.3) is 0 Å². The van der Waals surface area contributed by atoms with Crippen molar-refractivity contribution in [2.45, 2.75) is 20.0 Å². The van der Waals surface area contributed by atoms with E-state index in [2.05, 4.69) is 27.4 Å². The number of urea groups is 1. The molecule has 0 aliphatic carbocycles. The average Bonchev–Trinajstić information content (AvgIpc) is 3.16. The Hall–Kier alpha value is -3.39. The topological polar surface area (TPSA) is 85.4 Å². The standard InChI is InChI=1S/C21H22N4O3S/c1-3-7-15-8-5-6-9-18(15)28-14-19-24-25-21(29-19)23-20(26)22-16-10-12-17(13-11-16)27-4-2/h3,5-6,8-13H,1,4,7,14H2,2H3,(H2,22,23,25,26). The van der Waals surface area contributed by atoms with Crippen molar-refractivity contribution in [3.8, 4) is 11.5 Å². The fourth-order valence-electron chi connectivity index (χ4n) is 2.53. The van der Waals surface area contributed by atoms with E-state index in [9.17, 15) is 4.79 Å². The number of hydrogen-bond acceptors (Lipinski definition) is 6. The number of carbonyl (C=O) groups is 1. The smallest absolute Gasteiger partial charge is 0.325 e. The van der Waals surface area contributed by atoms with Gasteiger partial charge < -0.3 is 14.8 Å². The predicted molar refractivity (Wildman–Crippen MR) is 115 cm³/mol. The predicted octanol–water partition coefficient (Wildman–Crippen LogP) is 4.89. The van der Waals surface area contributed by atoms with E-state index in [1.54, 1.807) is 24.3 Å². The quantitative estimate of drug-likeness (QED) is 0.491. The Kier molecular flexibility index (Phi) is 7.18. The minimum atomic E-state index is -0.394. The Morgan fingerprint density at radius 2 is 1.90 bits per heavy atom. The molecule has 0 bridgehead atoms. The van der Waals surface area contributed by atoms with E-state index < -0.39 is 6.03 Å². The van der Waals surface area contributed by atoms with Crippen LogP contribution >= 0.6 is 11.3 Å². The van der Waals surface area contributed by atoms with E-state index in [0.717, 1.165) is 23.5 Å². The van der Waals surface area contributed by atoms with Crippen molar-refractivity contribution in [3.05, 3.63) is 71.8 Å². The number of anilines is 2. The molecule has 0 fully saturated rings. The highest BCUT2D eigenvalue weighted by Crippen LogP contribution is 2.22. The number of carbonyl (C=O) groups excluding carboxylic acids is 1. The highest BCUT2D eigenvalue weighted by Gasteiger charge is 2.10. The molecule has 7 nitrogen and oxygen atoms in total. The fraction of sp³-hybridized carbons (Fsp3) is 0.190. The van der Waals surface area contributed by atoms with E-state index >= 15 is 0 Å². The molecule has 0 radical (unpaired) electrons. The summed E-state index contributed by atoms with van der Waals surface area (Å²) in [6, 6.07) is 14.5. The number of para-hydroxylation sites is 1. The van der Waals surface area contributed by atoms with Crippen LogP contribution in [0.5, 0.6) is 11.5 Å². The summed E-state index contributed by atoms with van der Waals surface area (Å²) in [6.07, 6.45) is 2.56. The van der Waals surface area contributed by atoms with E-state index in [-0.39, 0.29) is 6.61 Å². The lowest BCUT2D eigenvalue weighted by molar-refractivity contribution is 0.262. The Morgan fingerprint density at radius 3 is 2.66 bits per heavy atom. The number of amides is 2. The van der Waals surface area contributed by atoms with Crippen LogP contribution in [0, 0.1) is 0 Å². The van der Waals surface area contributed by atoms with Gasteiger partial charge in [0, 0.05) is 5.69 Å². The average molecular weight is 410 g/mol. The molecule has 0 aliphatic rings. The summed E-state index contributed by atoms with van der Waals surface area (Å²) < 4.78 is 11.2. The van der Waals surface area contributed by atoms with Crippen molar-refractivity contribution in [2.24, 2.45) is 0 Å². The highest BCUT2D eigenvalue weighted by atomic mass is 32.1. The summed E-state index contributed by atoms with van der Waals surface area (Å²) >= 11 is 1.26. The van der Waals surface area contributed by atoms with Gasteiger partial charge in [0.15, 0.2) is 5.01 Å². The molecule has 2 amide bonds. The molecule has 3 rings (SSSR count). The van der Waals surface area contributed by atoms with Gasteiger partial charge in [0.1, 0.15) is 18.1 Å². The summed E-state index contributed by atoms with van der Waals surface area (Å²) in [6.45, 7) is 6.54. The second-order valence-corrected chi connectivity index (χ2v) is 6.99. The van der Waals surface area contributed by atoms with Gasteiger partial charge in [0.2, 0.25) is 5.13 Å². The molecule has 1 heterocycles. The van der Waals surface area contributed by atoms with Crippen LogP contribution in [0.2, 0.25) is 0 Å². The van der Waals surface area contributed by atoms with Gasteiger partial charge in [-0.3, -0.25) is 5.32 Å². The lowest BCUT2D eigenvalue weighted by Crippen LogP contribution is -2.19. The summed E-state index contributed by atoms with van der Waals surface area (Å²) in [4.78, 5) is 12.1. The molecular formula is C21H22N4O3S. The zero-order valence-corrected chi connectivity index (χ0v) is 16.9. The first-order valence-corrected chi connectivity index (χ1v) is 9.94. The molecule has 0 aliphatic heterocycles. The maximum absolute atomic E-state index is 12.1. The van der Waals surface area contributed by atoms with Gasteiger partial charge in [-0.2, -0.15) is 0 Å². The van der Waals surface area contributed by atoms with Crippen LogP contribution < -0.4 is 20.1 Å². The minimum Gasteiger partial charge on any atom is -0.494 e. The molecule has 0 atom stereocenters. The number of aromatic nitrogens is 2. The highest BCUT2D eigenvalue weighted by molar-refractivity contribution is 7.15. The largest absolute Gasteiger partial charge is 0.494 e.